The molecule has 0 spiro atoms. The third-order valence-electron chi connectivity index (χ3n) is 1.66. The number of carbonyl (C=O) groups excluding carboxylic acids is 2. The summed E-state index contributed by atoms with van der Waals surface area (Å²) in [6.07, 6.45) is 0.532. The van der Waals surface area contributed by atoms with Crippen LogP contribution in [0.3, 0.4) is 0 Å². The van der Waals surface area contributed by atoms with E-state index in [1.54, 1.807) is 0 Å². The lowest BCUT2D eigenvalue weighted by Gasteiger charge is -2.04. The molecule has 0 heterocycles. The summed E-state index contributed by atoms with van der Waals surface area (Å²) >= 11 is 0. The lowest BCUT2D eigenvalue weighted by molar-refractivity contribution is 0.0954. The van der Waals surface area contributed by atoms with Crippen molar-refractivity contribution in [3.8, 4) is 5.75 Å². The molecule has 4 nitrogen and oxygen atoms in total. The van der Waals surface area contributed by atoms with Crippen LogP contribution in [-0.4, -0.2) is 24.3 Å². The summed E-state index contributed by atoms with van der Waals surface area (Å²) in [5, 5.41) is 11.6. The SMILES string of the molecule is CNC(=O)c1c(O)cccc1C=O. The van der Waals surface area contributed by atoms with E-state index in [1.807, 2.05) is 0 Å². The molecule has 0 aromatic heterocycles. The number of hydrogen-bond donors (Lipinski definition) is 2. The van der Waals surface area contributed by atoms with Crippen LogP contribution in [0.2, 0.25) is 0 Å². The number of amides is 1. The van der Waals surface area contributed by atoms with Crippen LogP contribution >= 0.6 is 0 Å². The summed E-state index contributed by atoms with van der Waals surface area (Å²) in [5.74, 6) is -0.663. The normalized spacial score (nSPS) is 9.31. The zero-order valence-corrected chi connectivity index (χ0v) is 7.07. The molecule has 0 aliphatic carbocycles. The van der Waals surface area contributed by atoms with Gasteiger partial charge in [0.05, 0.1) is 5.56 Å². The number of nitrogens with one attached hydrogen (secondary N) is 1. The third kappa shape index (κ3) is 1.66. The van der Waals surface area contributed by atoms with Gasteiger partial charge in [-0.1, -0.05) is 12.1 Å². The van der Waals surface area contributed by atoms with Gasteiger partial charge in [0.1, 0.15) is 5.75 Å². The molecule has 0 radical (unpaired) electrons. The van der Waals surface area contributed by atoms with E-state index < -0.39 is 5.91 Å². The maximum absolute atomic E-state index is 11.2. The Morgan fingerprint density at radius 3 is 2.77 bits per heavy atom. The molecule has 0 aliphatic heterocycles. The minimum absolute atomic E-state index is 0.0139. The minimum atomic E-state index is -0.472. The van der Waals surface area contributed by atoms with Gasteiger partial charge in [-0.3, -0.25) is 9.59 Å². The van der Waals surface area contributed by atoms with Crippen molar-refractivity contribution in [2.24, 2.45) is 0 Å². The van der Waals surface area contributed by atoms with E-state index in [0.29, 0.717) is 6.29 Å². The number of phenolic OH excluding ortho intramolecular Hbond substituents is 1. The van der Waals surface area contributed by atoms with Crippen LogP contribution in [0.15, 0.2) is 18.2 Å². The standard InChI is InChI=1S/C9H9NO3/c1-10-9(13)8-6(5-11)3-2-4-7(8)12/h2-5,12H,1H3,(H,10,13). The molecule has 1 rings (SSSR count). The van der Waals surface area contributed by atoms with Gasteiger partial charge in [-0.2, -0.15) is 0 Å². The van der Waals surface area contributed by atoms with Crippen LogP contribution in [-0.2, 0) is 0 Å². The van der Waals surface area contributed by atoms with E-state index in [1.165, 1.54) is 25.2 Å². The molecule has 0 bridgehead atoms. The lowest BCUT2D eigenvalue weighted by atomic mass is 10.1. The Morgan fingerprint density at radius 2 is 2.23 bits per heavy atom. The predicted octanol–water partition coefficient (Wildman–Crippen LogP) is 0.564. The molecule has 0 aliphatic rings. The van der Waals surface area contributed by atoms with Crippen molar-refractivity contribution >= 4 is 12.2 Å². The summed E-state index contributed by atoms with van der Waals surface area (Å²) in [5.41, 5.74) is 0.194. The molecule has 0 saturated heterocycles. The van der Waals surface area contributed by atoms with E-state index in [4.69, 9.17) is 0 Å². The van der Waals surface area contributed by atoms with Crippen molar-refractivity contribution in [1.29, 1.82) is 0 Å². The fraction of sp³-hybridized carbons (Fsp3) is 0.111. The highest BCUT2D eigenvalue weighted by atomic mass is 16.3. The van der Waals surface area contributed by atoms with Gasteiger partial charge >= 0.3 is 0 Å². The first-order chi connectivity index (χ1) is 6.20. The Morgan fingerprint density at radius 1 is 1.54 bits per heavy atom. The van der Waals surface area contributed by atoms with Crippen molar-refractivity contribution in [1.82, 2.24) is 5.32 Å². The molecule has 68 valence electrons. The number of aldehydes is 1. The summed E-state index contributed by atoms with van der Waals surface area (Å²) in [7, 11) is 1.43. The zero-order valence-electron chi connectivity index (χ0n) is 7.07. The molecule has 1 aromatic rings. The van der Waals surface area contributed by atoms with Gasteiger partial charge in [-0.15, -0.1) is 0 Å². The minimum Gasteiger partial charge on any atom is -0.507 e. The highest BCUT2D eigenvalue weighted by Crippen LogP contribution is 2.19. The van der Waals surface area contributed by atoms with Gasteiger partial charge < -0.3 is 10.4 Å². The molecule has 0 saturated carbocycles. The van der Waals surface area contributed by atoms with E-state index in [-0.39, 0.29) is 16.9 Å². The van der Waals surface area contributed by atoms with Crippen LogP contribution in [0.4, 0.5) is 0 Å². The maximum Gasteiger partial charge on any atom is 0.255 e. The van der Waals surface area contributed by atoms with Gasteiger partial charge in [0.25, 0.3) is 5.91 Å². The zero-order chi connectivity index (χ0) is 9.84. The van der Waals surface area contributed by atoms with E-state index in [9.17, 15) is 14.7 Å². The fourth-order valence-electron chi connectivity index (χ4n) is 1.03. The smallest absolute Gasteiger partial charge is 0.255 e. The first kappa shape index (κ1) is 9.25. The number of benzene rings is 1. The van der Waals surface area contributed by atoms with Crippen LogP contribution in [0, 0.1) is 0 Å². The highest BCUT2D eigenvalue weighted by molar-refractivity contribution is 6.03. The Hall–Kier alpha value is -1.84. The number of carbonyl (C=O) groups is 2. The molecule has 4 heteroatoms. The van der Waals surface area contributed by atoms with Crippen molar-refractivity contribution in [3.63, 3.8) is 0 Å². The second-order valence-electron chi connectivity index (χ2n) is 2.44. The van der Waals surface area contributed by atoms with Crippen molar-refractivity contribution in [2.45, 2.75) is 0 Å². The molecule has 0 atom stereocenters. The first-order valence-electron chi connectivity index (χ1n) is 3.70. The maximum atomic E-state index is 11.2. The van der Waals surface area contributed by atoms with Crippen LogP contribution < -0.4 is 5.32 Å². The van der Waals surface area contributed by atoms with Crippen molar-refractivity contribution in [3.05, 3.63) is 29.3 Å². The molecular weight excluding hydrogens is 170 g/mol. The van der Waals surface area contributed by atoms with E-state index in [2.05, 4.69) is 5.32 Å². The average molecular weight is 179 g/mol. The highest BCUT2D eigenvalue weighted by Gasteiger charge is 2.13. The molecule has 13 heavy (non-hydrogen) atoms. The van der Waals surface area contributed by atoms with Gasteiger partial charge in [-0.05, 0) is 6.07 Å². The monoisotopic (exact) mass is 179 g/mol. The van der Waals surface area contributed by atoms with Gasteiger partial charge in [-0.25, -0.2) is 0 Å². The molecule has 1 amide bonds. The molecular formula is C9H9NO3. The topological polar surface area (TPSA) is 66.4 Å². The van der Waals surface area contributed by atoms with Gasteiger partial charge in [0, 0.05) is 12.6 Å². The van der Waals surface area contributed by atoms with E-state index in [0.717, 1.165) is 0 Å². The first-order valence-corrected chi connectivity index (χ1v) is 3.70. The molecule has 0 unspecified atom stereocenters. The number of hydrogen-bond acceptors (Lipinski definition) is 3. The second-order valence-corrected chi connectivity index (χ2v) is 2.44. The summed E-state index contributed by atoms with van der Waals surface area (Å²) in [6, 6.07) is 4.33. The van der Waals surface area contributed by atoms with Gasteiger partial charge in [0.2, 0.25) is 0 Å². The number of aromatic hydroxyl groups is 1. The quantitative estimate of drug-likeness (QED) is 0.652. The fourth-order valence-corrected chi connectivity index (χ4v) is 1.03. The Labute approximate surface area is 75.2 Å². The van der Waals surface area contributed by atoms with Crippen molar-refractivity contribution in [2.75, 3.05) is 7.05 Å². The van der Waals surface area contributed by atoms with E-state index >= 15 is 0 Å². The van der Waals surface area contributed by atoms with Crippen LogP contribution in [0.5, 0.6) is 5.75 Å². The summed E-state index contributed by atoms with van der Waals surface area (Å²) in [6.45, 7) is 0. The Bertz CT molecular complexity index is 347. The lowest BCUT2D eigenvalue weighted by Crippen LogP contribution is -2.19. The number of rotatable bonds is 2. The predicted molar refractivity (Wildman–Crippen MR) is 46.9 cm³/mol. The Kier molecular flexibility index (Phi) is 2.64. The van der Waals surface area contributed by atoms with Gasteiger partial charge in [0.15, 0.2) is 6.29 Å². The summed E-state index contributed by atoms with van der Waals surface area (Å²) in [4.78, 5) is 21.7. The largest absolute Gasteiger partial charge is 0.507 e. The number of phenols is 1. The Balaban J connectivity index is 3.30. The summed E-state index contributed by atoms with van der Waals surface area (Å²) < 4.78 is 0. The van der Waals surface area contributed by atoms with Crippen LogP contribution in [0.1, 0.15) is 20.7 Å². The average Bonchev–Trinajstić information content (AvgIpc) is 2.16. The van der Waals surface area contributed by atoms with Crippen LogP contribution in [0.25, 0.3) is 0 Å². The molecule has 2 N–H and O–H groups in total. The van der Waals surface area contributed by atoms with Crippen molar-refractivity contribution < 1.29 is 14.7 Å². The molecule has 0 fully saturated rings. The molecule has 1 aromatic carbocycles. The third-order valence-corrected chi connectivity index (χ3v) is 1.66. The second kappa shape index (κ2) is 3.71.